The molecule has 0 spiro atoms. The number of hydrogen-bond donors (Lipinski definition) is 0. The highest BCUT2D eigenvalue weighted by molar-refractivity contribution is 7.16. The lowest BCUT2D eigenvalue weighted by molar-refractivity contribution is -0.384. The van der Waals surface area contributed by atoms with Gasteiger partial charge in [0.15, 0.2) is 16.3 Å². The zero-order chi connectivity index (χ0) is 19.7. The Kier molecular flexibility index (Phi) is 4.66. The molecule has 9 heteroatoms. The second kappa shape index (κ2) is 7.28. The van der Waals surface area contributed by atoms with E-state index in [9.17, 15) is 14.9 Å². The standard InChI is InChI=1S/C19H15N3O5S/c1-2-7-21-14-11-13(22(24)25)4-6-17(14)28-19(21)20-18(23)12-3-5-15-16(10-12)27-9-8-26-15/h2-6,10-11H,1,7-9H2. The fraction of sp³-hybridized carbons (Fsp3) is 0.158. The molecule has 0 bridgehead atoms. The SMILES string of the molecule is C=CCn1c(=NC(=O)c2ccc3c(c2)OCCO3)sc2ccc([N+](=O)[O-])cc21. The number of carbonyl (C=O) groups is 1. The summed E-state index contributed by atoms with van der Waals surface area (Å²) in [6.07, 6.45) is 1.65. The first-order valence-corrected chi connectivity index (χ1v) is 9.26. The molecule has 0 radical (unpaired) electrons. The molecular formula is C19H15N3O5S. The van der Waals surface area contributed by atoms with E-state index >= 15 is 0 Å². The van der Waals surface area contributed by atoms with Crippen LogP contribution in [0.5, 0.6) is 11.5 Å². The van der Waals surface area contributed by atoms with Crippen molar-refractivity contribution in [3.63, 3.8) is 0 Å². The number of thiazole rings is 1. The van der Waals surface area contributed by atoms with Crippen LogP contribution in [0.2, 0.25) is 0 Å². The second-order valence-electron chi connectivity index (χ2n) is 5.97. The molecule has 3 aromatic rings. The number of nitrogens with zero attached hydrogens (tertiary/aromatic N) is 3. The van der Waals surface area contributed by atoms with E-state index in [2.05, 4.69) is 11.6 Å². The van der Waals surface area contributed by atoms with Gasteiger partial charge in [-0.15, -0.1) is 6.58 Å². The molecule has 1 aliphatic heterocycles. The summed E-state index contributed by atoms with van der Waals surface area (Å²) in [6, 6.07) is 9.49. The van der Waals surface area contributed by atoms with E-state index in [1.165, 1.54) is 23.5 Å². The summed E-state index contributed by atoms with van der Waals surface area (Å²) in [5.74, 6) is 0.674. The van der Waals surface area contributed by atoms with Gasteiger partial charge < -0.3 is 14.0 Å². The van der Waals surface area contributed by atoms with Crippen LogP contribution in [-0.2, 0) is 6.54 Å². The quantitative estimate of drug-likeness (QED) is 0.382. The average molecular weight is 397 g/mol. The van der Waals surface area contributed by atoms with Gasteiger partial charge in [-0.05, 0) is 24.3 Å². The summed E-state index contributed by atoms with van der Waals surface area (Å²) in [5, 5.41) is 11.1. The minimum Gasteiger partial charge on any atom is -0.486 e. The smallest absolute Gasteiger partial charge is 0.279 e. The number of hydrogen-bond acceptors (Lipinski definition) is 6. The van der Waals surface area contributed by atoms with Crippen molar-refractivity contribution in [3.05, 3.63) is 69.5 Å². The largest absolute Gasteiger partial charge is 0.486 e. The number of non-ortho nitro benzene ring substituents is 1. The Bertz CT molecular complexity index is 1180. The van der Waals surface area contributed by atoms with Crippen molar-refractivity contribution >= 4 is 33.1 Å². The fourth-order valence-electron chi connectivity index (χ4n) is 2.89. The third kappa shape index (κ3) is 3.27. The maximum Gasteiger partial charge on any atom is 0.279 e. The molecule has 1 aromatic heterocycles. The molecule has 0 unspecified atom stereocenters. The van der Waals surface area contributed by atoms with Crippen molar-refractivity contribution in [2.75, 3.05) is 13.2 Å². The molecule has 0 N–H and O–H groups in total. The highest BCUT2D eigenvalue weighted by atomic mass is 32.1. The number of allylic oxidation sites excluding steroid dienone is 1. The fourth-order valence-corrected chi connectivity index (χ4v) is 3.91. The van der Waals surface area contributed by atoms with E-state index in [-0.39, 0.29) is 5.69 Å². The van der Waals surface area contributed by atoms with Crippen LogP contribution < -0.4 is 14.3 Å². The number of ether oxygens (including phenoxy) is 2. The number of rotatable bonds is 4. The Morgan fingerprint density at radius 2 is 2.04 bits per heavy atom. The summed E-state index contributed by atoms with van der Waals surface area (Å²) in [5.41, 5.74) is 0.985. The van der Waals surface area contributed by atoms with Crippen molar-refractivity contribution in [3.8, 4) is 11.5 Å². The van der Waals surface area contributed by atoms with E-state index in [1.54, 1.807) is 34.9 Å². The van der Waals surface area contributed by atoms with Crippen LogP contribution in [0.3, 0.4) is 0 Å². The lowest BCUT2D eigenvalue weighted by Crippen LogP contribution is -2.17. The first-order valence-electron chi connectivity index (χ1n) is 8.44. The van der Waals surface area contributed by atoms with Gasteiger partial charge in [-0.2, -0.15) is 4.99 Å². The van der Waals surface area contributed by atoms with Crippen LogP contribution in [0.4, 0.5) is 5.69 Å². The molecule has 1 amide bonds. The van der Waals surface area contributed by atoms with Crippen molar-refractivity contribution < 1.29 is 19.2 Å². The first-order chi connectivity index (χ1) is 13.6. The molecule has 2 aromatic carbocycles. The molecule has 0 fully saturated rings. The second-order valence-corrected chi connectivity index (χ2v) is 6.98. The number of benzene rings is 2. The van der Waals surface area contributed by atoms with Gasteiger partial charge in [-0.1, -0.05) is 17.4 Å². The van der Waals surface area contributed by atoms with Crippen LogP contribution in [0.25, 0.3) is 10.2 Å². The highest BCUT2D eigenvalue weighted by Crippen LogP contribution is 2.31. The number of amides is 1. The van der Waals surface area contributed by atoms with Crippen molar-refractivity contribution in [1.29, 1.82) is 0 Å². The van der Waals surface area contributed by atoms with E-state index in [1.807, 2.05) is 0 Å². The summed E-state index contributed by atoms with van der Waals surface area (Å²) in [7, 11) is 0. The number of aromatic nitrogens is 1. The molecule has 28 heavy (non-hydrogen) atoms. The Morgan fingerprint density at radius 1 is 1.25 bits per heavy atom. The van der Waals surface area contributed by atoms with Gasteiger partial charge in [-0.25, -0.2) is 0 Å². The lowest BCUT2D eigenvalue weighted by atomic mass is 10.2. The molecule has 8 nitrogen and oxygen atoms in total. The molecule has 4 rings (SSSR count). The van der Waals surface area contributed by atoms with Crippen LogP contribution >= 0.6 is 11.3 Å². The maximum absolute atomic E-state index is 12.7. The highest BCUT2D eigenvalue weighted by Gasteiger charge is 2.16. The van der Waals surface area contributed by atoms with Gasteiger partial charge in [0.05, 0.1) is 15.1 Å². The molecule has 0 saturated carbocycles. The van der Waals surface area contributed by atoms with E-state index < -0.39 is 10.8 Å². The number of carbonyl (C=O) groups excluding carboxylic acids is 1. The summed E-state index contributed by atoms with van der Waals surface area (Å²) in [4.78, 5) is 28.0. The minimum absolute atomic E-state index is 0.0205. The first kappa shape index (κ1) is 17.9. The zero-order valence-electron chi connectivity index (χ0n) is 14.7. The van der Waals surface area contributed by atoms with Gasteiger partial charge in [0.25, 0.3) is 11.6 Å². The van der Waals surface area contributed by atoms with Gasteiger partial charge in [-0.3, -0.25) is 14.9 Å². The van der Waals surface area contributed by atoms with Crippen LogP contribution in [0.1, 0.15) is 10.4 Å². The van der Waals surface area contributed by atoms with E-state index in [0.717, 1.165) is 4.70 Å². The van der Waals surface area contributed by atoms with E-state index in [4.69, 9.17) is 9.47 Å². The monoisotopic (exact) mass is 397 g/mol. The predicted octanol–water partition coefficient (Wildman–Crippen LogP) is 3.31. The molecule has 1 aliphatic rings. The predicted molar refractivity (Wildman–Crippen MR) is 104 cm³/mol. The van der Waals surface area contributed by atoms with Crippen LogP contribution in [0.15, 0.2) is 54.0 Å². The van der Waals surface area contributed by atoms with Gasteiger partial charge in [0.2, 0.25) is 0 Å². The maximum atomic E-state index is 12.7. The van der Waals surface area contributed by atoms with Gasteiger partial charge in [0.1, 0.15) is 13.2 Å². The third-order valence-electron chi connectivity index (χ3n) is 4.17. The van der Waals surface area contributed by atoms with E-state index in [0.29, 0.717) is 47.1 Å². The van der Waals surface area contributed by atoms with Crippen molar-refractivity contribution in [2.45, 2.75) is 6.54 Å². The molecule has 0 atom stereocenters. The van der Waals surface area contributed by atoms with Crippen molar-refractivity contribution in [1.82, 2.24) is 4.57 Å². The number of nitro groups is 1. The summed E-state index contributed by atoms with van der Waals surface area (Å²) < 4.78 is 13.5. The molecule has 2 heterocycles. The summed E-state index contributed by atoms with van der Waals surface area (Å²) in [6.45, 7) is 4.99. The molecule has 0 aliphatic carbocycles. The normalized spacial score (nSPS) is 13.5. The molecular weight excluding hydrogens is 382 g/mol. The average Bonchev–Trinajstić information content (AvgIpc) is 3.04. The Morgan fingerprint density at radius 3 is 2.79 bits per heavy atom. The number of nitro benzene ring substituents is 1. The topological polar surface area (TPSA) is 96.0 Å². The Balaban J connectivity index is 1.79. The zero-order valence-corrected chi connectivity index (χ0v) is 15.5. The van der Waals surface area contributed by atoms with Crippen molar-refractivity contribution in [2.24, 2.45) is 4.99 Å². The lowest BCUT2D eigenvalue weighted by Gasteiger charge is -2.18. The summed E-state index contributed by atoms with van der Waals surface area (Å²) >= 11 is 1.29. The van der Waals surface area contributed by atoms with Crippen LogP contribution in [0, 0.1) is 10.1 Å². The Hall–Kier alpha value is -3.46. The third-order valence-corrected chi connectivity index (χ3v) is 5.23. The van der Waals surface area contributed by atoms with Gasteiger partial charge >= 0.3 is 0 Å². The Labute approximate surface area is 163 Å². The molecule has 142 valence electrons. The number of fused-ring (bicyclic) bond motifs is 2. The minimum atomic E-state index is -0.452. The van der Waals surface area contributed by atoms with Gasteiger partial charge in [0, 0.05) is 24.2 Å². The van der Waals surface area contributed by atoms with Crippen LogP contribution in [-0.4, -0.2) is 28.6 Å². The molecule has 0 saturated heterocycles.